The average molecular weight is 1600 g/mol. The molecule has 6 heterocycles. The Morgan fingerprint density at radius 2 is 0.889 bits per heavy atom. The van der Waals surface area contributed by atoms with E-state index >= 15 is 0 Å². The summed E-state index contributed by atoms with van der Waals surface area (Å²) in [7, 11) is 0. The van der Waals surface area contributed by atoms with Gasteiger partial charge in [0.05, 0.1) is 102 Å². The summed E-state index contributed by atoms with van der Waals surface area (Å²) in [5, 5.41) is 124. The van der Waals surface area contributed by atoms with Crippen molar-refractivity contribution in [1.29, 1.82) is 0 Å². The fourth-order valence-electron chi connectivity index (χ4n) is 10.2. The zero-order valence-corrected chi connectivity index (χ0v) is 59.4. The zero-order valence-electron chi connectivity index (χ0n) is 96.9. The summed E-state index contributed by atoms with van der Waals surface area (Å²) in [6.07, 6.45) is -58.3. The molecule has 108 heavy (non-hydrogen) atoms. The lowest BCUT2D eigenvalue weighted by Gasteiger charge is -2.17. The first-order chi connectivity index (χ1) is 66.6. The summed E-state index contributed by atoms with van der Waals surface area (Å²) in [5.74, 6) is -8.92. The monoisotopic (exact) mass is 1590 g/mol. The van der Waals surface area contributed by atoms with Gasteiger partial charge in [-0.05, 0) is 111 Å². The van der Waals surface area contributed by atoms with E-state index in [9.17, 15) is 59.1 Å². The van der Waals surface area contributed by atoms with Crippen LogP contribution in [0.25, 0.3) is 33.5 Å². The second-order valence-corrected chi connectivity index (χ2v) is 25.7. The second kappa shape index (κ2) is 35.1. The number of aromatic nitrogens is 15. The van der Waals surface area contributed by atoms with Gasteiger partial charge >= 0.3 is 0 Å². The van der Waals surface area contributed by atoms with Gasteiger partial charge in [0.2, 0.25) is 0 Å². The van der Waals surface area contributed by atoms with E-state index in [1.54, 1.807) is 13.0 Å². The first kappa shape index (κ1) is 43.0. The molecule has 15 rings (SSSR count). The highest BCUT2D eigenvalue weighted by molar-refractivity contribution is 7.99. The minimum atomic E-state index is -4.44. The van der Waals surface area contributed by atoms with Gasteiger partial charge in [-0.3, -0.25) is 0 Å². The van der Waals surface area contributed by atoms with E-state index in [-0.39, 0.29) is 83.6 Å². The molecule has 6 aromatic heterocycles. The summed E-state index contributed by atoms with van der Waals surface area (Å²) in [4.78, 5) is 24.8. The smallest absolute Gasteiger partial charge is 0.191 e. The van der Waals surface area contributed by atoms with Gasteiger partial charge in [-0.25, -0.2) is 57.1 Å². The maximum absolute atomic E-state index is 14.5. The van der Waals surface area contributed by atoms with Crippen molar-refractivity contribution in [2.45, 2.75) is 223 Å². The summed E-state index contributed by atoms with van der Waals surface area (Å²) >= 11 is 1.17. The first-order valence-electron chi connectivity index (χ1n) is 52.0. The van der Waals surface area contributed by atoms with E-state index in [0.29, 0.717) is 22.4 Å². The highest BCUT2D eigenvalue weighted by Crippen LogP contribution is 2.48. The molecule has 18 atom stereocenters. The molecule has 6 saturated carbocycles. The lowest BCUT2D eigenvalue weighted by Crippen LogP contribution is -2.33. The van der Waals surface area contributed by atoms with Crippen molar-refractivity contribution >= 4 is 86.2 Å². The third-order valence-electron chi connectivity index (χ3n) is 15.8. The van der Waals surface area contributed by atoms with Crippen LogP contribution in [0.15, 0.2) is 70.1 Å². The third-order valence-corrected chi connectivity index (χ3v) is 18.2. The summed E-state index contributed by atoms with van der Waals surface area (Å²) in [5.41, 5.74) is -8.80. The Morgan fingerprint density at radius 3 is 1.27 bits per heavy atom. The van der Waals surface area contributed by atoms with Crippen molar-refractivity contribution in [2.75, 3.05) is 72.6 Å². The number of fused-ring (bicyclic) bond motifs is 3. The molecule has 0 aliphatic heterocycles. The zero-order chi connectivity index (χ0) is 112. The SMILES string of the molecule is [2H]C([2H])(C)C([2H])([2H])Sc1nc(N[C@@H]2C([2H])([2H])[C@@]2([2H])c2ccc(C)c(F)c2)c2nnn([C@]3([2H])C([2H])([2H])[C@]([2H])(OC([2H])([2H])C([2H])([2H])O)[C@@]([2H])(O)[C@@]3([2H])O)c2n1.[2H]C([2H])(CO)O[C@@]1([2H])C([2H])([2H])[C@@]([2H])(n2nnc3c(N[C@@H]4C([2H])([2H])[C@@]4([2H])c4ccc(C)c(F)c4)nc(SC([2H])([2H])C([2H])([2H])C)nc32)[C@]([2H])(O)[C@]1([2H])O.[2H]C1([2H])[C@]([2H])(OCCO)[C@@]([2H])(O)[C@@]([2H])(O)[C@]1([2H])n1nnc2c(N[C@]3([2H])C[C@@]3([2H])c3ccc(C)c(F)c3)nc(SCCC)nc21. The number of rotatable bonds is 30. The Morgan fingerprint density at radius 1 is 0.500 bits per heavy atom. The number of halogens is 3. The second-order valence-electron chi connectivity index (χ2n) is 23.1. The Bertz CT molecular complexity index is 6740. The van der Waals surface area contributed by atoms with Crippen molar-refractivity contribution in [3.63, 3.8) is 0 Å². The molecule has 0 amide bonds. The Kier molecular flexibility index (Phi) is 14.0. The van der Waals surface area contributed by atoms with E-state index in [1.165, 1.54) is 50.2 Å². The van der Waals surface area contributed by atoms with Crippen LogP contribution in [0, 0.1) is 38.2 Å². The van der Waals surface area contributed by atoms with Crippen LogP contribution >= 0.6 is 35.3 Å². The molecule has 0 saturated heterocycles. The molecule has 0 unspecified atom stereocenters. The van der Waals surface area contributed by atoms with E-state index in [4.69, 9.17) is 59.6 Å². The van der Waals surface area contributed by atoms with Gasteiger partial charge in [0.1, 0.15) is 53.9 Å². The molecule has 0 radical (unpaired) electrons. The lowest BCUT2D eigenvalue weighted by molar-refractivity contribution is -0.0629. The van der Waals surface area contributed by atoms with Crippen molar-refractivity contribution in [3.8, 4) is 0 Å². The number of hydrogen-bond donors (Lipinski definition) is 12. The number of thioether (sulfide) groups is 3. The van der Waals surface area contributed by atoms with Crippen LogP contribution in [0.2, 0.25) is 0 Å². The highest BCUT2D eigenvalue weighted by atomic mass is 32.2. The summed E-state index contributed by atoms with van der Waals surface area (Å²) in [6, 6.07) is -5.02. The average Bonchev–Trinajstić information content (AvgIpc) is 1.53. The van der Waals surface area contributed by atoms with Crippen LogP contribution in [-0.4, -0.2) is 250 Å². The van der Waals surface area contributed by atoms with Crippen LogP contribution in [0.1, 0.15) is 202 Å². The molecule has 9 aromatic rings. The number of hydrogen-bond acceptors (Lipinski definition) is 30. The van der Waals surface area contributed by atoms with Crippen molar-refractivity contribution in [2.24, 2.45) is 0 Å². The quantitative estimate of drug-likeness (QED) is 0.0168. The topological polar surface area (TPSA) is 415 Å². The fraction of sp³-hybridized carbons (Fsp3) is 0.583. The Labute approximate surface area is 689 Å². The van der Waals surface area contributed by atoms with Gasteiger partial charge in [0.25, 0.3) is 0 Å². The van der Waals surface area contributed by atoms with Crippen LogP contribution < -0.4 is 16.0 Å². The summed E-state index contributed by atoms with van der Waals surface area (Å²) < 4.78 is 393. The Hall–Kier alpha value is -7.14. The van der Waals surface area contributed by atoms with Gasteiger partial charge in [-0.1, -0.05) is 108 Å². The van der Waals surface area contributed by atoms with Crippen LogP contribution in [0.3, 0.4) is 0 Å². The van der Waals surface area contributed by atoms with Crippen LogP contribution in [0.4, 0.5) is 30.6 Å². The highest BCUT2D eigenvalue weighted by Gasteiger charge is 2.49. The molecule has 0 spiro atoms. The van der Waals surface area contributed by atoms with Gasteiger partial charge in [-0.2, -0.15) is 0 Å². The van der Waals surface area contributed by atoms with Gasteiger partial charge in [0, 0.05) is 101 Å². The van der Waals surface area contributed by atoms with Crippen molar-refractivity contribution in [1.82, 2.24) is 74.9 Å². The largest absolute Gasteiger partial charge is 0.394 e. The van der Waals surface area contributed by atoms with E-state index < -0.39 is 271 Å². The standard InChI is InChI=1S/3C24H31FN6O4S/c3*1-3-8-36-24-27-22(26-16-10-14(16)13-5-4-12(2)15(25)9-13)19-23(28-24)31(30-29-19)17-11-18(35-7-6-32)21(34)20(17)33/h3*4-5,9,14,16-18,20-21,32-34H,3,6-8,10-11H2,1-2H3,(H,26,27,28)/t3*14-,16+,17+,18-,20-,21+/m000/s1/i3D2,6D2,7D2,8D2,10D2,11D2,14D,17D,18D,20D,21D;3D2,7D2,8D2,10D2,11D2,14D,17D,18D,20D,21D;11D2,14D,16D,17D,18D,20D,21D. The predicted molar refractivity (Wildman–Crippen MR) is 398 cm³/mol. The van der Waals surface area contributed by atoms with E-state index in [1.807, 2.05) is 6.92 Å². The molecule has 0 bridgehead atoms. The lowest BCUT2D eigenvalue weighted by atomic mass is 10.1. The molecule has 3 aromatic carbocycles. The number of anilines is 3. The number of aryl methyl sites for hydroxylation is 3. The van der Waals surface area contributed by atoms with Crippen LogP contribution in [0.5, 0.6) is 0 Å². The first-order valence-corrected chi connectivity index (χ1v) is 34.6. The molecular weight excluding hydrogens is 1460 g/mol. The molecule has 6 fully saturated rings. The number of ether oxygens (including phenoxy) is 3. The molecule has 30 nitrogen and oxygen atoms in total. The van der Waals surface area contributed by atoms with Gasteiger partial charge in [0.15, 0.2) is 66.4 Å². The maximum Gasteiger partial charge on any atom is 0.191 e. The molecular formula is C72H93F3N18O12S3. The number of aliphatic hydroxyl groups excluding tert-OH is 2. The van der Waals surface area contributed by atoms with Gasteiger partial charge in [-0.15, -0.1) is 15.3 Å². The van der Waals surface area contributed by atoms with E-state index in [0.717, 1.165) is 37.7 Å². The summed E-state index contributed by atoms with van der Waals surface area (Å²) in [6.45, 7) is -6.59. The molecule has 6 aliphatic carbocycles. The number of nitrogens with one attached hydrogen (secondary N) is 3. The number of benzene rings is 3. The van der Waals surface area contributed by atoms with E-state index in [2.05, 4.69) is 86.3 Å². The minimum Gasteiger partial charge on any atom is -0.394 e. The minimum absolute atomic E-state index is 0.00194. The molecule has 12 N–H and O–H groups in total. The predicted octanol–water partition coefficient (Wildman–Crippen LogP) is 6.55. The fourth-order valence-corrected chi connectivity index (χ4v) is 11.9. The third kappa shape index (κ3) is 17.5. The van der Waals surface area contributed by atoms with Gasteiger partial charge < -0.3 is 76.1 Å². The maximum atomic E-state index is 14.5. The Balaban J connectivity index is 0.000000186. The number of nitrogens with zero attached hydrogens (tertiary/aromatic N) is 15. The van der Waals surface area contributed by atoms with Crippen LogP contribution in [-0.2, 0) is 14.2 Å². The van der Waals surface area contributed by atoms with Crippen molar-refractivity contribution in [3.05, 3.63) is 105 Å². The molecule has 6 aliphatic rings. The molecule has 36 heteroatoms. The van der Waals surface area contributed by atoms with Crippen molar-refractivity contribution < 1.29 is 128 Å². The normalized spacial score (nSPS) is 47.2. The molecule has 582 valence electrons. The number of aliphatic hydroxyl groups is 9.